The Kier molecular flexibility index (Phi) is 3.74. The standard InChI is InChI=1S/C12H16N2OS/c1-9(12-14-10(2)8-16-12)5-13-6-11-3-4-15-7-11/h3-4,7-9,13H,5-6H2,1-2H3. The summed E-state index contributed by atoms with van der Waals surface area (Å²) in [6.07, 6.45) is 3.47. The van der Waals surface area contributed by atoms with Crippen LogP contribution in [0, 0.1) is 6.92 Å². The van der Waals surface area contributed by atoms with Crippen molar-refractivity contribution in [2.75, 3.05) is 6.54 Å². The first-order chi connectivity index (χ1) is 7.75. The number of furan rings is 1. The molecule has 0 radical (unpaired) electrons. The van der Waals surface area contributed by atoms with Crippen LogP contribution < -0.4 is 5.32 Å². The molecule has 2 aromatic rings. The molecule has 1 N–H and O–H groups in total. The van der Waals surface area contributed by atoms with Crippen LogP contribution in [0.4, 0.5) is 0 Å². The predicted octanol–water partition coefficient (Wildman–Crippen LogP) is 2.94. The van der Waals surface area contributed by atoms with Gasteiger partial charge in [0.15, 0.2) is 0 Å². The number of hydrogen-bond acceptors (Lipinski definition) is 4. The van der Waals surface area contributed by atoms with E-state index in [1.54, 1.807) is 23.9 Å². The summed E-state index contributed by atoms with van der Waals surface area (Å²) in [5, 5.41) is 6.71. The molecule has 0 saturated carbocycles. The van der Waals surface area contributed by atoms with Crippen LogP contribution in [-0.4, -0.2) is 11.5 Å². The maximum Gasteiger partial charge on any atom is 0.0969 e. The van der Waals surface area contributed by atoms with Crippen LogP contribution >= 0.6 is 11.3 Å². The van der Waals surface area contributed by atoms with E-state index in [2.05, 4.69) is 22.6 Å². The van der Waals surface area contributed by atoms with Gasteiger partial charge in [-0.1, -0.05) is 6.92 Å². The minimum atomic E-state index is 0.464. The molecule has 16 heavy (non-hydrogen) atoms. The van der Waals surface area contributed by atoms with E-state index in [4.69, 9.17) is 4.42 Å². The number of nitrogens with zero attached hydrogens (tertiary/aromatic N) is 1. The minimum absolute atomic E-state index is 0.464. The summed E-state index contributed by atoms with van der Waals surface area (Å²) >= 11 is 1.74. The van der Waals surface area contributed by atoms with Crippen molar-refractivity contribution in [1.82, 2.24) is 10.3 Å². The summed E-state index contributed by atoms with van der Waals surface area (Å²) in [6, 6.07) is 1.98. The fraction of sp³-hybridized carbons (Fsp3) is 0.417. The topological polar surface area (TPSA) is 38.1 Å². The molecule has 0 bridgehead atoms. The summed E-state index contributed by atoms with van der Waals surface area (Å²) in [5.41, 5.74) is 2.30. The Bertz CT molecular complexity index is 422. The van der Waals surface area contributed by atoms with Gasteiger partial charge >= 0.3 is 0 Å². The lowest BCUT2D eigenvalue weighted by molar-refractivity contribution is 0.557. The van der Waals surface area contributed by atoms with Crippen LogP contribution in [0.15, 0.2) is 28.4 Å². The van der Waals surface area contributed by atoms with Crippen molar-refractivity contribution in [2.24, 2.45) is 0 Å². The van der Waals surface area contributed by atoms with E-state index < -0.39 is 0 Å². The van der Waals surface area contributed by atoms with Gasteiger partial charge in [-0.15, -0.1) is 11.3 Å². The number of thiazole rings is 1. The summed E-state index contributed by atoms with van der Waals surface area (Å²) in [5.74, 6) is 0.464. The van der Waals surface area contributed by atoms with Crippen molar-refractivity contribution in [2.45, 2.75) is 26.3 Å². The smallest absolute Gasteiger partial charge is 0.0969 e. The third kappa shape index (κ3) is 2.93. The first kappa shape index (κ1) is 11.4. The van der Waals surface area contributed by atoms with Gasteiger partial charge in [0.1, 0.15) is 0 Å². The van der Waals surface area contributed by atoms with Crippen molar-refractivity contribution in [3.63, 3.8) is 0 Å². The summed E-state index contributed by atoms with van der Waals surface area (Å²) < 4.78 is 5.01. The third-order valence-electron chi connectivity index (χ3n) is 2.42. The van der Waals surface area contributed by atoms with E-state index in [0.717, 1.165) is 18.8 Å². The third-order valence-corrected chi connectivity index (χ3v) is 3.61. The van der Waals surface area contributed by atoms with Gasteiger partial charge in [0.2, 0.25) is 0 Å². The molecule has 0 spiro atoms. The van der Waals surface area contributed by atoms with Gasteiger partial charge in [-0.3, -0.25) is 0 Å². The van der Waals surface area contributed by atoms with Crippen LogP contribution in [0.2, 0.25) is 0 Å². The molecule has 3 nitrogen and oxygen atoms in total. The van der Waals surface area contributed by atoms with E-state index in [9.17, 15) is 0 Å². The van der Waals surface area contributed by atoms with Crippen molar-refractivity contribution in [1.29, 1.82) is 0 Å². The summed E-state index contributed by atoms with van der Waals surface area (Å²) in [7, 11) is 0. The molecule has 0 aliphatic heterocycles. The van der Waals surface area contributed by atoms with Crippen molar-refractivity contribution in [3.8, 4) is 0 Å². The Balaban J connectivity index is 1.78. The molecule has 1 atom stereocenters. The predicted molar refractivity (Wildman–Crippen MR) is 65.7 cm³/mol. The Labute approximate surface area is 99.5 Å². The lowest BCUT2D eigenvalue weighted by Crippen LogP contribution is -2.19. The van der Waals surface area contributed by atoms with Crippen LogP contribution in [0.1, 0.15) is 29.1 Å². The van der Waals surface area contributed by atoms with E-state index in [1.165, 1.54) is 10.6 Å². The first-order valence-corrected chi connectivity index (χ1v) is 6.27. The van der Waals surface area contributed by atoms with Crippen molar-refractivity contribution < 1.29 is 4.42 Å². The van der Waals surface area contributed by atoms with Gasteiger partial charge in [0, 0.05) is 35.6 Å². The van der Waals surface area contributed by atoms with Gasteiger partial charge in [0.25, 0.3) is 0 Å². The molecule has 0 aliphatic rings. The number of aromatic nitrogens is 1. The summed E-state index contributed by atoms with van der Waals surface area (Å²) in [6.45, 7) is 6.02. The minimum Gasteiger partial charge on any atom is -0.472 e. The van der Waals surface area contributed by atoms with Crippen molar-refractivity contribution in [3.05, 3.63) is 40.2 Å². The van der Waals surface area contributed by atoms with Gasteiger partial charge in [-0.25, -0.2) is 4.98 Å². The van der Waals surface area contributed by atoms with Crippen LogP contribution in [0.5, 0.6) is 0 Å². The highest BCUT2D eigenvalue weighted by atomic mass is 32.1. The Hall–Kier alpha value is -1.13. The second kappa shape index (κ2) is 5.27. The van der Waals surface area contributed by atoms with Gasteiger partial charge in [-0.05, 0) is 13.0 Å². The maximum absolute atomic E-state index is 5.01. The van der Waals surface area contributed by atoms with Gasteiger partial charge in [-0.2, -0.15) is 0 Å². The molecule has 4 heteroatoms. The molecule has 2 aromatic heterocycles. The average Bonchev–Trinajstić information content (AvgIpc) is 2.89. The van der Waals surface area contributed by atoms with E-state index in [1.807, 2.05) is 13.0 Å². The number of nitrogens with one attached hydrogen (secondary N) is 1. The molecule has 0 aliphatic carbocycles. The highest BCUT2D eigenvalue weighted by Crippen LogP contribution is 2.18. The number of rotatable bonds is 5. The molecule has 0 saturated heterocycles. The van der Waals surface area contributed by atoms with Gasteiger partial charge in [0.05, 0.1) is 17.5 Å². The fourth-order valence-electron chi connectivity index (χ4n) is 1.51. The Morgan fingerprint density at radius 1 is 1.56 bits per heavy atom. The van der Waals surface area contributed by atoms with Gasteiger partial charge < -0.3 is 9.73 Å². The summed E-state index contributed by atoms with van der Waals surface area (Å²) in [4.78, 5) is 4.49. The maximum atomic E-state index is 5.01. The zero-order valence-corrected chi connectivity index (χ0v) is 10.4. The Morgan fingerprint density at radius 2 is 2.44 bits per heavy atom. The molecule has 0 amide bonds. The molecule has 0 fully saturated rings. The second-order valence-corrected chi connectivity index (χ2v) is 4.88. The molecular weight excluding hydrogens is 220 g/mol. The molecule has 1 unspecified atom stereocenters. The Morgan fingerprint density at radius 3 is 3.06 bits per heavy atom. The largest absolute Gasteiger partial charge is 0.472 e. The van der Waals surface area contributed by atoms with Crippen LogP contribution in [0.25, 0.3) is 0 Å². The zero-order valence-electron chi connectivity index (χ0n) is 9.56. The lowest BCUT2D eigenvalue weighted by Gasteiger charge is -2.08. The first-order valence-electron chi connectivity index (χ1n) is 5.39. The van der Waals surface area contributed by atoms with Crippen LogP contribution in [0.3, 0.4) is 0 Å². The van der Waals surface area contributed by atoms with E-state index >= 15 is 0 Å². The van der Waals surface area contributed by atoms with Crippen molar-refractivity contribution >= 4 is 11.3 Å². The second-order valence-electron chi connectivity index (χ2n) is 3.99. The average molecular weight is 236 g/mol. The molecule has 2 heterocycles. The van der Waals surface area contributed by atoms with E-state index in [-0.39, 0.29) is 0 Å². The monoisotopic (exact) mass is 236 g/mol. The van der Waals surface area contributed by atoms with Crippen LogP contribution in [-0.2, 0) is 6.54 Å². The number of aryl methyl sites for hydroxylation is 1. The number of hydrogen-bond donors (Lipinski definition) is 1. The molecule has 86 valence electrons. The fourth-order valence-corrected chi connectivity index (χ4v) is 2.37. The quantitative estimate of drug-likeness (QED) is 0.867. The highest BCUT2D eigenvalue weighted by molar-refractivity contribution is 7.09. The zero-order chi connectivity index (χ0) is 11.4. The molecular formula is C12H16N2OS. The van der Waals surface area contributed by atoms with E-state index in [0.29, 0.717) is 5.92 Å². The highest BCUT2D eigenvalue weighted by Gasteiger charge is 2.08. The normalized spacial score (nSPS) is 12.9. The molecule has 2 rings (SSSR count). The molecule has 0 aromatic carbocycles. The SMILES string of the molecule is Cc1csc(C(C)CNCc2ccoc2)n1. The lowest BCUT2D eigenvalue weighted by atomic mass is 10.2.